The Hall–Kier alpha value is -1.28. The zero-order valence-corrected chi connectivity index (χ0v) is 11.7. The smallest absolute Gasteiger partial charge is 0.0401 e. The predicted molar refractivity (Wildman–Crippen MR) is 77.4 cm³/mol. The second-order valence-electron chi connectivity index (χ2n) is 4.30. The maximum absolute atomic E-state index is 3.49. The number of halogens is 1. The fourth-order valence-electron chi connectivity index (χ4n) is 1.77. The van der Waals surface area contributed by atoms with Gasteiger partial charge in [0, 0.05) is 16.7 Å². The Morgan fingerprint density at radius 1 is 1.06 bits per heavy atom. The molecule has 1 nitrogen and oxygen atoms in total. The first-order chi connectivity index (χ1) is 8.15. The van der Waals surface area contributed by atoms with Gasteiger partial charge >= 0.3 is 0 Å². The molecule has 0 spiro atoms. The van der Waals surface area contributed by atoms with E-state index in [9.17, 15) is 0 Å². The van der Waals surface area contributed by atoms with Gasteiger partial charge in [0.15, 0.2) is 0 Å². The summed E-state index contributed by atoms with van der Waals surface area (Å²) in [5.74, 6) is 0. The zero-order chi connectivity index (χ0) is 12.3. The van der Waals surface area contributed by atoms with Crippen molar-refractivity contribution >= 4 is 21.6 Å². The molecule has 0 amide bonds. The lowest BCUT2D eigenvalue weighted by Crippen LogP contribution is -2.01. The van der Waals surface area contributed by atoms with Gasteiger partial charge in [-0.3, -0.25) is 0 Å². The lowest BCUT2D eigenvalue weighted by molar-refractivity contribution is 1.13. The summed E-state index contributed by atoms with van der Waals surface area (Å²) < 4.78 is 1.12. The van der Waals surface area contributed by atoms with Gasteiger partial charge < -0.3 is 5.32 Å². The first kappa shape index (κ1) is 12.2. The lowest BCUT2D eigenvalue weighted by atomic mass is 10.1. The molecule has 2 aromatic rings. The maximum Gasteiger partial charge on any atom is 0.0401 e. The van der Waals surface area contributed by atoms with Crippen LogP contribution in [0.25, 0.3) is 0 Å². The highest BCUT2D eigenvalue weighted by molar-refractivity contribution is 9.10. The van der Waals surface area contributed by atoms with Crippen molar-refractivity contribution in [2.75, 3.05) is 5.32 Å². The molecule has 0 saturated carbocycles. The van der Waals surface area contributed by atoms with E-state index in [2.05, 4.69) is 71.5 Å². The zero-order valence-electron chi connectivity index (χ0n) is 10.1. The molecule has 0 aliphatic rings. The number of nitrogens with one attached hydrogen (secondary N) is 1. The quantitative estimate of drug-likeness (QED) is 0.865. The third-order valence-corrected chi connectivity index (χ3v) is 3.26. The molecule has 0 atom stereocenters. The van der Waals surface area contributed by atoms with Crippen molar-refractivity contribution in [3.05, 3.63) is 63.6 Å². The molecule has 0 aliphatic heterocycles. The summed E-state index contributed by atoms with van der Waals surface area (Å²) in [6, 6.07) is 14.8. The van der Waals surface area contributed by atoms with Crippen LogP contribution in [0.5, 0.6) is 0 Å². The SMILES string of the molecule is Cc1ccc(C)c(NCc2cccc(Br)c2)c1. The van der Waals surface area contributed by atoms with Gasteiger partial charge in [-0.25, -0.2) is 0 Å². The second kappa shape index (κ2) is 5.37. The highest BCUT2D eigenvalue weighted by Crippen LogP contribution is 2.18. The van der Waals surface area contributed by atoms with Gasteiger partial charge in [-0.15, -0.1) is 0 Å². The van der Waals surface area contributed by atoms with Crippen LogP contribution >= 0.6 is 15.9 Å². The summed E-state index contributed by atoms with van der Waals surface area (Å²) in [5.41, 5.74) is 5.06. The van der Waals surface area contributed by atoms with E-state index in [4.69, 9.17) is 0 Å². The van der Waals surface area contributed by atoms with Gasteiger partial charge in [0.05, 0.1) is 0 Å². The lowest BCUT2D eigenvalue weighted by Gasteiger charge is -2.10. The van der Waals surface area contributed by atoms with Crippen LogP contribution in [0.4, 0.5) is 5.69 Å². The van der Waals surface area contributed by atoms with Gasteiger partial charge in [-0.05, 0) is 48.7 Å². The molecular formula is C15H16BrN. The molecule has 0 aliphatic carbocycles. The van der Waals surface area contributed by atoms with E-state index in [1.165, 1.54) is 22.4 Å². The largest absolute Gasteiger partial charge is 0.381 e. The van der Waals surface area contributed by atoms with Crippen LogP contribution in [0, 0.1) is 13.8 Å². The molecule has 0 heterocycles. The average molecular weight is 290 g/mol. The normalized spacial score (nSPS) is 10.3. The molecule has 88 valence electrons. The van der Waals surface area contributed by atoms with Crippen LogP contribution in [0.2, 0.25) is 0 Å². The molecule has 0 fully saturated rings. The Kier molecular flexibility index (Phi) is 3.85. The van der Waals surface area contributed by atoms with Gasteiger partial charge in [0.2, 0.25) is 0 Å². The van der Waals surface area contributed by atoms with Crippen molar-refractivity contribution in [3.63, 3.8) is 0 Å². The second-order valence-corrected chi connectivity index (χ2v) is 5.22. The number of hydrogen-bond donors (Lipinski definition) is 1. The summed E-state index contributed by atoms with van der Waals surface area (Å²) in [5, 5.41) is 3.48. The summed E-state index contributed by atoms with van der Waals surface area (Å²) in [6.07, 6.45) is 0. The third-order valence-electron chi connectivity index (χ3n) is 2.77. The van der Waals surface area contributed by atoms with Crippen LogP contribution in [0.15, 0.2) is 46.9 Å². The van der Waals surface area contributed by atoms with Crippen molar-refractivity contribution in [2.24, 2.45) is 0 Å². The Bertz CT molecular complexity index is 520. The molecule has 0 aromatic heterocycles. The highest BCUT2D eigenvalue weighted by atomic mass is 79.9. The minimum absolute atomic E-state index is 0.851. The number of benzene rings is 2. The van der Waals surface area contributed by atoms with Crippen LogP contribution in [0.3, 0.4) is 0 Å². The van der Waals surface area contributed by atoms with Crippen molar-refractivity contribution < 1.29 is 0 Å². The maximum atomic E-state index is 3.49. The third kappa shape index (κ3) is 3.34. The van der Waals surface area contributed by atoms with E-state index in [0.717, 1.165) is 11.0 Å². The fourth-order valence-corrected chi connectivity index (χ4v) is 2.22. The van der Waals surface area contributed by atoms with E-state index >= 15 is 0 Å². The molecule has 0 saturated heterocycles. The van der Waals surface area contributed by atoms with Crippen molar-refractivity contribution in [3.8, 4) is 0 Å². The van der Waals surface area contributed by atoms with Gasteiger partial charge in [-0.1, -0.05) is 40.2 Å². The van der Waals surface area contributed by atoms with Crippen LogP contribution in [-0.2, 0) is 6.54 Å². The minimum atomic E-state index is 0.851. The Balaban J connectivity index is 2.09. The molecule has 2 aromatic carbocycles. The number of rotatable bonds is 3. The van der Waals surface area contributed by atoms with Gasteiger partial charge in [0.1, 0.15) is 0 Å². The van der Waals surface area contributed by atoms with E-state index in [0.29, 0.717) is 0 Å². The summed E-state index contributed by atoms with van der Waals surface area (Å²) >= 11 is 3.49. The van der Waals surface area contributed by atoms with Gasteiger partial charge in [0.25, 0.3) is 0 Å². The van der Waals surface area contributed by atoms with Crippen LogP contribution < -0.4 is 5.32 Å². The molecular weight excluding hydrogens is 274 g/mol. The minimum Gasteiger partial charge on any atom is -0.381 e. The molecule has 0 unspecified atom stereocenters. The van der Waals surface area contributed by atoms with Crippen LogP contribution in [-0.4, -0.2) is 0 Å². The summed E-state index contributed by atoms with van der Waals surface area (Å²) in [6.45, 7) is 5.09. The monoisotopic (exact) mass is 289 g/mol. The van der Waals surface area contributed by atoms with Crippen LogP contribution in [0.1, 0.15) is 16.7 Å². The Morgan fingerprint density at radius 2 is 1.88 bits per heavy atom. The Morgan fingerprint density at radius 3 is 2.65 bits per heavy atom. The topological polar surface area (TPSA) is 12.0 Å². The molecule has 0 bridgehead atoms. The standard InChI is InChI=1S/C15H16BrN/c1-11-6-7-12(2)15(8-11)17-10-13-4-3-5-14(16)9-13/h3-9,17H,10H2,1-2H3. The molecule has 0 radical (unpaired) electrons. The average Bonchev–Trinajstić information content (AvgIpc) is 2.30. The van der Waals surface area contributed by atoms with E-state index in [1.54, 1.807) is 0 Å². The van der Waals surface area contributed by atoms with Gasteiger partial charge in [-0.2, -0.15) is 0 Å². The number of aryl methyl sites for hydroxylation is 2. The van der Waals surface area contributed by atoms with E-state index in [-0.39, 0.29) is 0 Å². The summed E-state index contributed by atoms with van der Waals surface area (Å²) in [7, 11) is 0. The van der Waals surface area contributed by atoms with Crippen molar-refractivity contribution in [2.45, 2.75) is 20.4 Å². The van der Waals surface area contributed by atoms with Crippen molar-refractivity contribution in [1.82, 2.24) is 0 Å². The highest BCUT2D eigenvalue weighted by Gasteiger charge is 1.99. The Labute approximate surface area is 111 Å². The van der Waals surface area contributed by atoms with Crippen molar-refractivity contribution in [1.29, 1.82) is 0 Å². The summed E-state index contributed by atoms with van der Waals surface area (Å²) in [4.78, 5) is 0. The first-order valence-electron chi connectivity index (χ1n) is 5.71. The number of hydrogen-bond acceptors (Lipinski definition) is 1. The molecule has 17 heavy (non-hydrogen) atoms. The molecule has 2 heteroatoms. The fraction of sp³-hybridized carbons (Fsp3) is 0.200. The predicted octanol–water partition coefficient (Wildman–Crippen LogP) is 4.68. The molecule has 1 N–H and O–H groups in total. The first-order valence-corrected chi connectivity index (χ1v) is 6.50. The number of anilines is 1. The van der Waals surface area contributed by atoms with E-state index < -0.39 is 0 Å². The van der Waals surface area contributed by atoms with E-state index in [1.807, 2.05) is 6.07 Å². The molecule has 2 rings (SSSR count).